The third-order valence-corrected chi connectivity index (χ3v) is 3.61. The highest BCUT2D eigenvalue weighted by atomic mass is 16.6. The second kappa shape index (κ2) is 11.0. The highest BCUT2D eigenvalue weighted by Gasteiger charge is 2.29. The maximum Gasteiger partial charge on any atom is 0.408 e. The number of methoxy groups -OCH3 is 1. The molecular weight excluding hydrogens is 380 g/mol. The molecule has 0 saturated heterocycles. The highest BCUT2D eigenvalue weighted by Crippen LogP contribution is 2.08. The SMILES string of the molecule is COC(=O)[C@@H](CC(=O)C(C)NC(=O)OCc1ccccc1)NC(=O)OC(C)(C)C. The highest BCUT2D eigenvalue weighted by molar-refractivity contribution is 5.92. The second-order valence-electron chi connectivity index (χ2n) is 7.32. The summed E-state index contributed by atoms with van der Waals surface area (Å²) in [7, 11) is 1.14. The Morgan fingerprint density at radius 2 is 1.62 bits per heavy atom. The Hall–Kier alpha value is -3.10. The van der Waals surface area contributed by atoms with Crippen molar-refractivity contribution in [2.45, 2.75) is 58.4 Å². The van der Waals surface area contributed by atoms with Gasteiger partial charge in [0, 0.05) is 6.42 Å². The molecule has 0 heterocycles. The Morgan fingerprint density at radius 3 is 2.17 bits per heavy atom. The quantitative estimate of drug-likeness (QED) is 0.500. The average molecular weight is 408 g/mol. The molecule has 2 amide bonds. The standard InChI is InChI=1S/C20H28N2O7/c1-13(21-18(25)28-12-14-9-7-6-8-10-14)16(23)11-15(17(24)27-5)22-19(26)29-20(2,3)4/h6-10,13,15H,11-12H2,1-5H3,(H,21,25)(H,22,26)/t13?,15-/m1/s1. The number of benzene rings is 1. The van der Waals surface area contributed by atoms with Crippen LogP contribution in [0.5, 0.6) is 0 Å². The molecule has 0 saturated carbocycles. The van der Waals surface area contributed by atoms with E-state index in [4.69, 9.17) is 9.47 Å². The van der Waals surface area contributed by atoms with E-state index in [9.17, 15) is 19.2 Å². The minimum absolute atomic E-state index is 0.0541. The number of ether oxygens (including phenoxy) is 3. The molecule has 0 aliphatic heterocycles. The van der Waals surface area contributed by atoms with E-state index in [1.165, 1.54) is 6.92 Å². The van der Waals surface area contributed by atoms with Crippen LogP contribution in [0, 0.1) is 0 Å². The van der Waals surface area contributed by atoms with Crippen molar-refractivity contribution in [3.63, 3.8) is 0 Å². The third-order valence-electron chi connectivity index (χ3n) is 3.61. The molecule has 1 aromatic rings. The van der Waals surface area contributed by atoms with E-state index in [0.29, 0.717) is 0 Å². The summed E-state index contributed by atoms with van der Waals surface area (Å²) in [6, 6.07) is 6.88. The number of hydrogen-bond acceptors (Lipinski definition) is 7. The van der Waals surface area contributed by atoms with Crippen molar-refractivity contribution in [3.05, 3.63) is 35.9 Å². The zero-order valence-electron chi connectivity index (χ0n) is 17.3. The molecule has 160 valence electrons. The van der Waals surface area contributed by atoms with Gasteiger partial charge in [0.15, 0.2) is 5.78 Å². The van der Waals surface area contributed by atoms with Crippen molar-refractivity contribution >= 4 is 23.9 Å². The summed E-state index contributed by atoms with van der Waals surface area (Å²) in [5.41, 5.74) is 0.0282. The molecule has 0 aliphatic carbocycles. The van der Waals surface area contributed by atoms with Gasteiger partial charge in [-0.15, -0.1) is 0 Å². The number of amides is 2. The van der Waals surface area contributed by atoms with Crippen LogP contribution in [0.25, 0.3) is 0 Å². The van der Waals surface area contributed by atoms with Gasteiger partial charge in [-0.05, 0) is 33.3 Å². The van der Waals surface area contributed by atoms with Crippen molar-refractivity contribution in [2.75, 3.05) is 7.11 Å². The second-order valence-corrected chi connectivity index (χ2v) is 7.32. The Kier molecular flexibility index (Phi) is 9.11. The number of carbonyl (C=O) groups excluding carboxylic acids is 4. The first-order valence-electron chi connectivity index (χ1n) is 9.09. The van der Waals surface area contributed by atoms with E-state index in [1.54, 1.807) is 32.9 Å². The van der Waals surface area contributed by atoms with Crippen LogP contribution >= 0.6 is 0 Å². The smallest absolute Gasteiger partial charge is 0.408 e. The van der Waals surface area contributed by atoms with E-state index >= 15 is 0 Å². The first-order valence-corrected chi connectivity index (χ1v) is 9.09. The molecule has 1 rings (SSSR count). The Morgan fingerprint density at radius 1 is 1.00 bits per heavy atom. The molecule has 29 heavy (non-hydrogen) atoms. The number of ketones is 1. The number of hydrogen-bond donors (Lipinski definition) is 2. The van der Waals surface area contributed by atoms with Gasteiger partial charge in [0.2, 0.25) is 0 Å². The minimum atomic E-state index is -1.24. The van der Waals surface area contributed by atoms with Crippen LogP contribution in [0.2, 0.25) is 0 Å². The predicted octanol–water partition coefficient (Wildman–Crippen LogP) is 2.33. The zero-order valence-corrected chi connectivity index (χ0v) is 17.3. The summed E-state index contributed by atoms with van der Waals surface area (Å²) in [5.74, 6) is -1.30. The van der Waals surface area contributed by atoms with E-state index in [-0.39, 0.29) is 13.0 Å². The summed E-state index contributed by atoms with van der Waals surface area (Å²) in [5, 5.41) is 4.71. The minimum Gasteiger partial charge on any atom is -0.467 e. The first-order chi connectivity index (χ1) is 13.5. The monoisotopic (exact) mass is 408 g/mol. The van der Waals surface area contributed by atoms with Crippen molar-refractivity contribution in [3.8, 4) is 0 Å². The molecule has 1 aromatic carbocycles. The molecular formula is C20H28N2O7. The first kappa shape index (κ1) is 23.9. The van der Waals surface area contributed by atoms with Gasteiger partial charge in [0.1, 0.15) is 18.2 Å². The number of nitrogens with one attached hydrogen (secondary N) is 2. The molecule has 1 unspecified atom stereocenters. The Balaban J connectivity index is 2.57. The molecule has 2 N–H and O–H groups in total. The van der Waals surface area contributed by atoms with E-state index in [0.717, 1.165) is 12.7 Å². The average Bonchev–Trinajstić information content (AvgIpc) is 2.64. The largest absolute Gasteiger partial charge is 0.467 e. The van der Waals surface area contributed by atoms with Gasteiger partial charge in [-0.25, -0.2) is 14.4 Å². The van der Waals surface area contributed by atoms with Gasteiger partial charge in [-0.1, -0.05) is 30.3 Å². The van der Waals surface area contributed by atoms with Gasteiger partial charge in [0.05, 0.1) is 13.2 Å². The number of esters is 1. The van der Waals surface area contributed by atoms with Crippen LogP contribution in [0.3, 0.4) is 0 Å². The molecule has 9 nitrogen and oxygen atoms in total. The number of carbonyl (C=O) groups is 4. The lowest BCUT2D eigenvalue weighted by molar-refractivity contribution is -0.144. The summed E-state index contributed by atoms with van der Waals surface area (Å²) in [6.07, 6.45) is -2.01. The van der Waals surface area contributed by atoms with E-state index in [2.05, 4.69) is 15.4 Å². The maximum absolute atomic E-state index is 12.4. The molecule has 0 aliphatic rings. The Labute approximate surface area is 170 Å². The van der Waals surface area contributed by atoms with Crippen molar-refractivity contribution in [1.29, 1.82) is 0 Å². The zero-order chi connectivity index (χ0) is 22.0. The van der Waals surface area contributed by atoms with Crippen LogP contribution in [-0.2, 0) is 30.4 Å². The number of alkyl carbamates (subject to hydrolysis) is 2. The topological polar surface area (TPSA) is 120 Å². The molecule has 0 aromatic heterocycles. The van der Waals surface area contributed by atoms with Gasteiger partial charge in [-0.3, -0.25) is 4.79 Å². The van der Waals surface area contributed by atoms with E-state index in [1.807, 2.05) is 18.2 Å². The molecule has 0 spiro atoms. The lowest BCUT2D eigenvalue weighted by atomic mass is 10.1. The van der Waals surface area contributed by atoms with Crippen LogP contribution < -0.4 is 10.6 Å². The lowest BCUT2D eigenvalue weighted by Gasteiger charge is -2.23. The molecule has 0 bridgehead atoms. The maximum atomic E-state index is 12.4. The predicted molar refractivity (Wildman–Crippen MR) is 104 cm³/mol. The number of Topliss-reactive ketones (excluding diaryl/α,β-unsaturated/α-hetero) is 1. The van der Waals surface area contributed by atoms with Crippen LogP contribution in [0.15, 0.2) is 30.3 Å². The van der Waals surface area contributed by atoms with Gasteiger partial charge in [-0.2, -0.15) is 0 Å². The summed E-state index contributed by atoms with van der Waals surface area (Å²) >= 11 is 0. The fraction of sp³-hybridized carbons (Fsp3) is 0.500. The van der Waals surface area contributed by atoms with E-state index < -0.39 is 41.6 Å². The lowest BCUT2D eigenvalue weighted by Crippen LogP contribution is -2.48. The Bertz CT molecular complexity index is 713. The number of rotatable bonds is 8. The van der Waals surface area contributed by atoms with Crippen LogP contribution in [0.1, 0.15) is 39.7 Å². The third kappa shape index (κ3) is 9.59. The fourth-order valence-electron chi connectivity index (χ4n) is 2.19. The molecule has 0 fully saturated rings. The normalized spacial score (nSPS) is 12.9. The summed E-state index contributed by atoms with van der Waals surface area (Å²) in [6.45, 7) is 6.50. The molecule has 0 radical (unpaired) electrons. The van der Waals surface area contributed by atoms with Crippen molar-refractivity contribution in [2.24, 2.45) is 0 Å². The van der Waals surface area contributed by atoms with Crippen molar-refractivity contribution in [1.82, 2.24) is 10.6 Å². The fourth-order valence-corrected chi connectivity index (χ4v) is 2.19. The van der Waals surface area contributed by atoms with Gasteiger partial charge < -0.3 is 24.8 Å². The molecule has 9 heteroatoms. The van der Waals surface area contributed by atoms with Gasteiger partial charge >= 0.3 is 18.2 Å². The van der Waals surface area contributed by atoms with Crippen molar-refractivity contribution < 1.29 is 33.4 Å². The molecule has 2 atom stereocenters. The summed E-state index contributed by atoms with van der Waals surface area (Å²) in [4.78, 5) is 48.0. The van der Waals surface area contributed by atoms with Crippen LogP contribution in [0.4, 0.5) is 9.59 Å². The van der Waals surface area contributed by atoms with Crippen LogP contribution in [-0.4, -0.2) is 48.7 Å². The van der Waals surface area contributed by atoms with Gasteiger partial charge in [0.25, 0.3) is 0 Å². The summed E-state index contributed by atoms with van der Waals surface area (Å²) < 4.78 is 14.8.